The highest BCUT2D eigenvalue weighted by atomic mass is 16.5. The average Bonchev–Trinajstić information content (AvgIpc) is 2.42. The number of hydrogen-bond acceptors (Lipinski definition) is 3. The van der Waals surface area contributed by atoms with Crippen LogP contribution in [0.3, 0.4) is 0 Å². The molecule has 0 bridgehead atoms. The lowest BCUT2D eigenvalue weighted by atomic mass is 10.1. The van der Waals surface area contributed by atoms with Crippen molar-refractivity contribution in [3.05, 3.63) is 42.5 Å². The second-order valence-corrected chi connectivity index (χ2v) is 4.69. The number of aliphatic hydroxyl groups excluding tert-OH is 1. The second-order valence-electron chi connectivity index (χ2n) is 4.69. The lowest BCUT2D eigenvalue weighted by Gasteiger charge is -2.29. The van der Waals surface area contributed by atoms with Gasteiger partial charge in [0.05, 0.1) is 0 Å². The predicted molar refractivity (Wildman–Crippen MR) is 71.9 cm³/mol. The topological polar surface area (TPSA) is 41.5 Å². The van der Waals surface area contributed by atoms with Crippen molar-refractivity contribution in [2.45, 2.75) is 18.6 Å². The van der Waals surface area contributed by atoms with Gasteiger partial charge in [0.15, 0.2) is 0 Å². The van der Waals surface area contributed by atoms with E-state index in [1.807, 2.05) is 24.3 Å². The maximum Gasteiger partial charge on any atom is 0.127 e. The van der Waals surface area contributed by atoms with Gasteiger partial charge in [-0.3, -0.25) is 0 Å². The van der Waals surface area contributed by atoms with Crippen LogP contribution < -0.4 is 10.1 Å². The van der Waals surface area contributed by atoms with Crippen LogP contribution in [-0.4, -0.2) is 30.4 Å². The normalized spacial score (nSPS) is 24.1. The van der Waals surface area contributed by atoms with Gasteiger partial charge in [0.2, 0.25) is 0 Å². The van der Waals surface area contributed by atoms with Crippen LogP contribution in [0.2, 0.25) is 0 Å². The minimum absolute atomic E-state index is 0.114. The minimum atomic E-state index is -0.433. The number of benzene rings is 2. The zero-order valence-corrected chi connectivity index (χ0v) is 10.2. The fourth-order valence-electron chi connectivity index (χ4n) is 2.42. The van der Waals surface area contributed by atoms with E-state index in [0.29, 0.717) is 6.54 Å². The quantitative estimate of drug-likeness (QED) is 0.847. The van der Waals surface area contributed by atoms with Crippen molar-refractivity contribution in [2.24, 2.45) is 0 Å². The van der Waals surface area contributed by atoms with E-state index in [1.54, 1.807) is 0 Å². The molecule has 1 fully saturated rings. The number of ether oxygens (including phenoxy) is 1. The van der Waals surface area contributed by atoms with Gasteiger partial charge in [-0.15, -0.1) is 0 Å². The molecule has 1 heterocycles. The summed E-state index contributed by atoms with van der Waals surface area (Å²) in [5.74, 6) is 0.860. The van der Waals surface area contributed by atoms with Crippen LogP contribution in [0.5, 0.6) is 5.75 Å². The first kappa shape index (κ1) is 11.5. The van der Waals surface area contributed by atoms with Gasteiger partial charge >= 0.3 is 0 Å². The molecule has 2 atom stereocenters. The molecule has 0 radical (unpaired) electrons. The standard InChI is InChI=1S/C15H17NO2/c17-13-10-16-9-8-15(13)18-14-7-3-5-11-4-1-2-6-12(11)14/h1-7,13,15-17H,8-10H2/t13-,15-/m1/s1. The molecule has 2 aromatic carbocycles. The minimum Gasteiger partial charge on any atom is -0.487 e. The second kappa shape index (κ2) is 4.96. The van der Waals surface area contributed by atoms with E-state index < -0.39 is 6.10 Å². The summed E-state index contributed by atoms with van der Waals surface area (Å²) in [6, 6.07) is 14.2. The molecule has 94 valence electrons. The lowest BCUT2D eigenvalue weighted by Crippen LogP contribution is -2.46. The van der Waals surface area contributed by atoms with Crippen LogP contribution in [0.4, 0.5) is 0 Å². The highest BCUT2D eigenvalue weighted by Crippen LogP contribution is 2.27. The first-order valence-corrected chi connectivity index (χ1v) is 6.38. The van der Waals surface area contributed by atoms with E-state index in [0.717, 1.165) is 24.1 Å². The average molecular weight is 243 g/mol. The Labute approximate surface area is 106 Å². The van der Waals surface area contributed by atoms with E-state index in [1.165, 1.54) is 5.39 Å². The molecule has 3 nitrogen and oxygen atoms in total. The Morgan fingerprint density at radius 3 is 2.83 bits per heavy atom. The van der Waals surface area contributed by atoms with Crippen LogP contribution in [0.15, 0.2) is 42.5 Å². The molecule has 2 aromatic rings. The molecule has 2 N–H and O–H groups in total. The summed E-state index contributed by atoms with van der Waals surface area (Å²) in [6.45, 7) is 1.50. The Hall–Kier alpha value is -1.58. The molecular weight excluding hydrogens is 226 g/mol. The van der Waals surface area contributed by atoms with Crippen molar-refractivity contribution in [3.63, 3.8) is 0 Å². The maximum absolute atomic E-state index is 9.91. The lowest BCUT2D eigenvalue weighted by molar-refractivity contribution is 0.0171. The molecule has 1 saturated heterocycles. The summed E-state index contributed by atoms with van der Waals surface area (Å²) in [6.07, 6.45) is 0.291. The van der Waals surface area contributed by atoms with Gasteiger partial charge in [-0.05, 0) is 24.4 Å². The summed E-state index contributed by atoms with van der Waals surface area (Å²) in [5.41, 5.74) is 0. The number of aliphatic hydroxyl groups is 1. The van der Waals surface area contributed by atoms with E-state index in [2.05, 4.69) is 23.5 Å². The van der Waals surface area contributed by atoms with Crippen molar-refractivity contribution in [1.82, 2.24) is 5.32 Å². The fourth-order valence-corrected chi connectivity index (χ4v) is 2.42. The number of β-amino-alcohol motifs (C(OH)–C–C–N with tert-alkyl or cyclic N) is 1. The van der Waals surface area contributed by atoms with Gasteiger partial charge < -0.3 is 15.2 Å². The highest BCUT2D eigenvalue weighted by molar-refractivity contribution is 5.88. The third-order valence-electron chi connectivity index (χ3n) is 3.42. The summed E-state index contributed by atoms with van der Waals surface area (Å²) < 4.78 is 5.99. The van der Waals surface area contributed by atoms with Crippen LogP contribution in [-0.2, 0) is 0 Å². The highest BCUT2D eigenvalue weighted by Gasteiger charge is 2.24. The molecule has 1 aliphatic rings. The monoisotopic (exact) mass is 243 g/mol. The SMILES string of the molecule is O[C@@H]1CNCC[C@H]1Oc1cccc2ccccc12. The van der Waals surface area contributed by atoms with Crippen LogP contribution in [0.25, 0.3) is 10.8 Å². The predicted octanol–water partition coefficient (Wildman–Crippen LogP) is 1.94. The zero-order chi connectivity index (χ0) is 12.4. The molecule has 3 heteroatoms. The van der Waals surface area contributed by atoms with Crippen molar-refractivity contribution in [3.8, 4) is 5.75 Å². The van der Waals surface area contributed by atoms with Gasteiger partial charge in [-0.1, -0.05) is 36.4 Å². The van der Waals surface area contributed by atoms with Crippen LogP contribution in [0.1, 0.15) is 6.42 Å². The third kappa shape index (κ3) is 2.19. The smallest absolute Gasteiger partial charge is 0.127 e. The molecule has 3 rings (SSSR count). The van der Waals surface area contributed by atoms with Gasteiger partial charge in [-0.2, -0.15) is 0 Å². The molecule has 0 aliphatic carbocycles. The van der Waals surface area contributed by atoms with E-state index in [-0.39, 0.29) is 6.10 Å². The summed E-state index contributed by atoms with van der Waals surface area (Å²) >= 11 is 0. The van der Waals surface area contributed by atoms with Crippen LogP contribution >= 0.6 is 0 Å². The van der Waals surface area contributed by atoms with E-state index in [4.69, 9.17) is 4.74 Å². The first-order chi connectivity index (χ1) is 8.84. The number of fused-ring (bicyclic) bond motifs is 1. The number of hydrogen-bond donors (Lipinski definition) is 2. The Kier molecular flexibility index (Phi) is 3.17. The van der Waals surface area contributed by atoms with E-state index >= 15 is 0 Å². The Morgan fingerprint density at radius 1 is 1.11 bits per heavy atom. The van der Waals surface area contributed by atoms with Crippen molar-refractivity contribution in [1.29, 1.82) is 0 Å². The largest absolute Gasteiger partial charge is 0.487 e. The molecule has 0 saturated carbocycles. The molecule has 0 amide bonds. The Balaban J connectivity index is 1.90. The van der Waals surface area contributed by atoms with E-state index in [9.17, 15) is 5.11 Å². The first-order valence-electron chi connectivity index (χ1n) is 6.38. The molecule has 0 spiro atoms. The summed E-state index contributed by atoms with van der Waals surface area (Å²) in [4.78, 5) is 0. The Morgan fingerprint density at radius 2 is 1.94 bits per heavy atom. The van der Waals surface area contributed by atoms with Crippen molar-refractivity contribution < 1.29 is 9.84 Å². The zero-order valence-electron chi connectivity index (χ0n) is 10.2. The van der Waals surface area contributed by atoms with Crippen molar-refractivity contribution in [2.75, 3.05) is 13.1 Å². The van der Waals surface area contributed by atoms with Gasteiger partial charge in [0.25, 0.3) is 0 Å². The number of nitrogens with one attached hydrogen (secondary N) is 1. The molecular formula is C15H17NO2. The summed E-state index contributed by atoms with van der Waals surface area (Å²) in [7, 11) is 0. The Bertz CT molecular complexity index is 536. The molecule has 1 aliphatic heterocycles. The van der Waals surface area contributed by atoms with Gasteiger partial charge in [0, 0.05) is 11.9 Å². The third-order valence-corrected chi connectivity index (χ3v) is 3.42. The number of piperidine rings is 1. The maximum atomic E-state index is 9.91. The molecule has 0 unspecified atom stereocenters. The molecule has 18 heavy (non-hydrogen) atoms. The van der Waals surface area contributed by atoms with Crippen LogP contribution in [0, 0.1) is 0 Å². The summed E-state index contributed by atoms with van der Waals surface area (Å²) in [5, 5.41) is 15.3. The van der Waals surface area contributed by atoms with Gasteiger partial charge in [0.1, 0.15) is 18.0 Å². The number of rotatable bonds is 2. The molecule has 0 aromatic heterocycles. The fraction of sp³-hybridized carbons (Fsp3) is 0.333. The van der Waals surface area contributed by atoms with Gasteiger partial charge in [-0.25, -0.2) is 0 Å². The van der Waals surface area contributed by atoms with Crippen molar-refractivity contribution >= 4 is 10.8 Å².